The summed E-state index contributed by atoms with van der Waals surface area (Å²) in [6.07, 6.45) is 3.77. The summed E-state index contributed by atoms with van der Waals surface area (Å²) in [4.78, 5) is 26.8. The van der Waals surface area contributed by atoms with Crippen LogP contribution in [0, 0.1) is 5.92 Å². The molecule has 6 heteroatoms. The summed E-state index contributed by atoms with van der Waals surface area (Å²) in [5.41, 5.74) is 1.85. The quantitative estimate of drug-likeness (QED) is 0.939. The number of fused-ring (bicyclic) bond motifs is 1. The minimum atomic E-state index is 0.0663. The van der Waals surface area contributed by atoms with Gasteiger partial charge in [0.1, 0.15) is 5.69 Å². The summed E-state index contributed by atoms with van der Waals surface area (Å²) >= 11 is 1.66. The average Bonchev–Trinajstić information content (AvgIpc) is 3.15. The summed E-state index contributed by atoms with van der Waals surface area (Å²) in [5.74, 6) is 0.326. The minimum absolute atomic E-state index is 0.0663. The van der Waals surface area contributed by atoms with Crippen molar-refractivity contribution >= 4 is 33.4 Å². The van der Waals surface area contributed by atoms with Crippen LogP contribution < -0.4 is 5.32 Å². The lowest BCUT2D eigenvalue weighted by molar-refractivity contribution is -0.126. The number of likely N-dealkylation sites (tertiary alicyclic amines) is 1. The monoisotopic (exact) mass is 331 g/mol. The number of thiophene rings is 1. The molecule has 1 saturated carbocycles. The first-order valence-electron chi connectivity index (χ1n) is 8.26. The smallest absolute Gasteiger partial charge is 0.270 e. The van der Waals surface area contributed by atoms with E-state index in [-0.39, 0.29) is 17.7 Å². The van der Waals surface area contributed by atoms with Crippen molar-refractivity contribution in [2.24, 2.45) is 13.0 Å². The molecule has 2 aliphatic rings. The van der Waals surface area contributed by atoms with E-state index in [1.807, 2.05) is 34.0 Å². The van der Waals surface area contributed by atoms with Crippen molar-refractivity contribution in [2.75, 3.05) is 13.1 Å². The maximum atomic E-state index is 12.8. The zero-order valence-electron chi connectivity index (χ0n) is 13.2. The van der Waals surface area contributed by atoms with Gasteiger partial charge in [-0.1, -0.05) is 0 Å². The van der Waals surface area contributed by atoms with Crippen LogP contribution in [-0.2, 0) is 11.8 Å². The van der Waals surface area contributed by atoms with Crippen LogP contribution in [-0.4, -0.2) is 40.4 Å². The summed E-state index contributed by atoms with van der Waals surface area (Å²) in [7, 11) is 1.94. The Bertz CT molecular complexity index is 751. The highest BCUT2D eigenvalue weighted by atomic mass is 32.1. The average molecular weight is 331 g/mol. The Balaban J connectivity index is 1.41. The molecule has 0 aromatic carbocycles. The molecule has 1 aliphatic heterocycles. The highest BCUT2D eigenvalue weighted by molar-refractivity contribution is 7.17. The molecule has 1 N–H and O–H groups in total. The molecule has 2 fully saturated rings. The predicted octanol–water partition coefficient (Wildman–Crippen LogP) is 2.37. The van der Waals surface area contributed by atoms with Crippen LogP contribution >= 0.6 is 11.3 Å². The van der Waals surface area contributed by atoms with Crippen molar-refractivity contribution in [1.82, 2.24) is 14.8 Å². The fraction of sp³-hybridized carbons (Fsp3) is 0.529. The molecule has 0 bridgehead atoms. The Hall–Kier alpha value is -1.82. The molecule has 2 aromatic rings. The third-order valence-corrected chi connectivity index (χ3v) is 5.81. The number of carbonyl (C=O) groups is 2. The molecule has 122 valence electrons. The van der Waals surface area contributed by atoms with Gasteiger partial charge in [-0.2, -0.15) is 0 Å². The lowest BCUT2D eigenvalue weighted by Crippen LogP contribution is -2.43. The first-order chi connectivity index (χ1) is 11.1. The van der Waals surface area contributed by atoms with E-state index in [1.54, 1.807) is 11.3 Å². The molecule has 3 heterocycles. The van der Waals surface area contributed by atoms with Gasteiger partial charge >= 0.3 is 0 Å². The Morgan fingerprint density at radius 1 is 1.22 bits per heavy atom. The first kappa shape index (κ1) is 14.8. The standard InChI is InChI=1S/C17H21N3O2S/c1-19-13-6-9-23-15(13)10-14(19)17(22)20-7-4-11(5-8-20)16(21)18-12-2-3-12/h6,9-12H,2-5,7-8H2,1H3,(H,18,21). The third-order valence-electron chi connectivity index (χ3n) is 4.96. The predicted molar refractivity (Wildman–Crippen MR) is 90.6 cm³/mol. The highest BCUT2D eigenvalue weighted by Crippen LogP contribution is 2.27. The molecule has 2 amide bonds. The molecule has 5 nitrogen and oxygen atoms in total. The number of nitrogens with one attached hydrogen (secondary N) is 1. The number of nitrogens with zero attached hydrogens (tertiary/aromatic N) is 2. The number of rotatable bonds is 3. The van der Waals surface area contributed by atoms with Crippen LogP contribution in [0.1, 0.15) is 36.2 Å². The summed E-state index contributed by atoms with van der Waals surface area (Å²) in [6, 6.07) is 4.44. The number of hydrogen-bond acceptors (Lipinski definition) is 3. The van der Waals surface area contributed by atoms with E-state index in [9.17, 15) is 9.59 Å². The number of carbonyl (C=O) groups excluding carboxylic acids is 2. The van der Waals surface area contributed by atoms with Crippen LogP contribution in [0.15, 0.2) is 17.5 Å². The van der Waals surface area contributed by atoms with E-state index in [4.69, 9.17) is 0 Å². The zero-order valence-corrected chi connectivity index (χ0v) is 14.1. The van der Waals surface area contributed by atoms with Gasteiger partial charge in [-0.25, -0.2) is 0 Å². The molecule has 2 aromatic heterocycles. The van der Waals surface area contributed by atoms with Gasteiger partial charge < -0.3 is 14.8 Å². The van der Waals surface area contributed by atoms with Gasteiger partial charge in [0.2, 0.25) is 5.91 Å². The second-order valence-corrected chi connectivity index (χ2v) is 7.56. The third kappa shape index (κ3) is 2.76. The van der Waals surface area contributed by atoms with Gasteiger partial charge in [0.05, 0.1) is 10.2 Å². The van der Waals surface area contributed by atoms with Crippen molar-refractivity contribution in [1.29, 1.82) is 0 Å². The van der Waals surface area contributed by atoms with Gasteiger partial charge in [0.25, 0.3) is 5.91 Å². The minimum Gasteiger partial charge on any atom is -0.353 e. The van der Waals surface area contributed by atoms with Crippen molar-refractivity contribution in [3.8, 4) is 0 Å². The molecule has 0 unspecified atom stereocenters. The molecule has 23 heavy (non-hydrogen) atoms. The fourth-order valence-corrected chi connectivity index (χ4v) is 4.16. The van der Waals surface area contributed by atoms with Crippen molar-refractivity contribution in [3.05, 3.63) is 23.2 Å². The second kappa shape index (κ2) is 5.67. The topological polar surface area (TPSA) is 54.3 Å². The Labute approximate surface area is 139 Å². The maximum absolute atomic E-state index is 12.8. The maximum Gasteiger partial charge on any atom is 0.270 e. The summed E-state index contributed by atoms with van der Waals surface area (Å²) in [6.45, 7) is 1.33. The normalized spacial score (nSPS) is 19.3. The van der Waals surface area contributed by atoms with Gasteiger partial charge in [-0.05, 0) is 43.2 Å². The van der Waals surface area contributed by atoms with Gasteiger partial charge in [-0.3, -0.25) is 9.59 Å². The molecule has 1 aliphatic carbocycles. The van der Waals surface area contributed by atoms with Gasteiger partial charge in [0.15, 0.2) is 0 Å². The van der Waals surface area contributed by atoms with Gasteiger partial charge in [-0.15, -0.1) is 11.3 Å². The number of piperidine rings is 1. The first-order valence-corrected chi connectivity index (χ1v) is 9.14. The molecule has 1 saturated heterocycles. The van der Waals surface area contributed by atoms with Crippen LogP contribution in [0.2, 0.25) is 0 Å². The van der Waals surface area contributed by atoms with E-state index in [0.29, 0.717) is 19.1 Å². The van der Waals surface area contributed by atoms with Crippen molar-refractivity contribution < 1.29 is 9.59 Å². The molecular formula is C17H21N3O2S. The van der Waals surface area contributed by atoms with Crippen LogP contribution in [0.5, 0.6) is 0 Å². The number of aromatic nitrogens is 1. The number of aryl methyl sites for hydroxylation is 1. The Kier molecular flexibility index (Phi) is 3.64. The van der Waals surface area contributed by atoms with E-state index >= 15 is 0 Å². The van der Waals surface area contributed by atoms with E-state index in [1.165, 1.54) is 0 Å². The molecule has 0 spiro atoms. The zero-order chi connectivity index (χ0) is 16.0. The Morgan fingerprint density at radius 2 is 1.96 bits per heavy atom. The second-order valence-electron chi connectivity index (χ2n) is 6.61. The van der Waals surface area contributed by atoms with E-state index in [2.05, 4.69) is 5.32 Å². The molecular weight excluding hydrogens is 310 g/mol. The Morgan fingerprint density at radius 3 is 2.61 bits per heavy atom. The lowest BCUT2D eigenvalue weighted by Gasteiger charge is -2.31. The van der Waals surface area contributed by atoms with Gasteiger partial charge in [0, 0.05) is 32.1 Å². The SMILES string of the molecule is Cn1c(C(=O)N2CCC(C(=O)NC3CC3)CC2)cc2sccc21. The molecule has 0 radical (unpaired) electrons. The fourth-order valence-electron chi connectivity index (χ4n) is 3.31. The number of amides is 2. The van der Waals surface area contributed by atoms with E-state index < -0.39 is 0 Å². The summed E-state index contributed by atoms with van der Waals surface area (Å²) < 4.78 is 3.12. The van der Waals surface area contributed by atoms with E-state index in [0.717, 1.165) is 41.6 Å². The highest BCUT2D eigenvalue weighted by Gasteiger charge is 2.32. The van der Waals surface area contributed by atoms with Crippen LogP contribution in [0.3, 0.4) is 0 Å². The van der Waals surface area contributed by atoms with Crippen LogP contribution in [0.4, 0.5) is 0 Å². The molecule has 0 atom stereocenters. The van der Waals surface area contributed by atoms with Crippen molar-refractivity contribution in [2.45, 2.75) is 31.7 Å². The molecule has 4 rings (SSSR count). The lowest BCUT2D eigenvalue weighted by atomic mass is 9.95. The number of hydrogen-bond donors (Lipinski definition) is 1. The largest absolute Gasteiger partial charge is 0.353 e. The van der Waals surface area contributed by atoms with Crippen molar-refractivity contribution in [3.63, 3.8) is 0 Å². The van der Waals surface area contributed by atoms with Crippen LogP contribution in [0.25, 0.3) is 10.2 Å². The summed E-state index contributed by atoms with van der Waals surface area (Å²) in [5, 5.41) is 5.12.